The molecule has 0 unspecified atom stereocenters. The maximum Gasteiger partial charge on any atom is 0.323 e. The summed E-state index contributed by atoms with van der Waals surface area (Å²) in [5, 5.41) is 2.22. The number of nitrogens with one attached hydrogen (secondary N) is 1. The lowest BCUT2D eigenvalue weighted by Gasteiger charge is -2.34. The Morgan fingerprint density at radius 3 is 2.33 bits per heavy atom. The van der Waals surface area contributed by atoms with Gasteiger partial charge in [0.1, 0.15) is 5.75 Å². The Morgan fingerprint density at radius 1 is 0.963 bits per heavy atom. The number of ether oxygens (including phenoxy) is 1. The summed E-state index contributed by atoms with van der Waals surface area (Å²) >= 11 is 0. The molecule has 1 heterocycles. The van der Waals surface area contributed by atoms with Gasteiger partial charge in [-0.25, -0.2) is 5.84 Å². The molecule has 142 valence electrons. The molecule has 8 heteroatoms. The van der Waals surface area contributed by atoms with Crippen LogP contribution < -0.4 is 16.0 Å². The topological polar surface area (TPSA) is 105 Å². The van der Waals surface area contributed by atoms with Gasteiger partial charge >= 0.3 is 11.8 Å². The Labute approximate surface area is 156 Å². The fourth-order valence-corrected chi connectivity index (χ4v) is 3.04. The minimum absolute atomic E-state index is 0.0360. The lowest BCUT2D eigenvalue weighted by molar-refractivity contribution is -0.148. The average Bonchev–Trinajstić information content (AvgIpc) is 2.72. The van der Waals surface area contributed by atoms with Crippen LogP contribution >= 0.6 is 0 Å². The summed E-state index contributed by atoms with van der Waals surface area (Å²) in [6.45, 7) is 1.68. The summed E-state index contributed by atoms with van der Waals surface area (Å²) < 4.78 is 5.70. The lowest BCUT2D eigenvalue weighted by Crippen LogP contribution is -2.54. The zero-order valence-corrected chi connectivity index (χ0v) is 14.9. The van der Waals surface area contributed by atoms with Gasteiger partial charge in [0.25, 0.3) is 0 Å². The van der Waals surface area contributed by atoms with Crippen LogP contribution in [0.5, 0.6) is 5.75 Å². The van der Waals surface area contributed by atoms with Gasteiger partial charge in [-0.2, -0.15) is 0 Å². The van der Waals surface area contributed by atoms with E-state index < -0.39 is 11.8 Å². The minimum Gasteiger partial charge on any atom is -0.493 e. The lowest BCUT2D eigenvalue weighted by atomic mass is 10.1. The van der Waals surface area contributed by atoms with Crippen molar-refractivity contribution in [2.24, 2.45) is 5.84 Å². The summed E-state index contributed by atoms with van der Waals surface area (Å²) in [6, 6.07) is 13.8. The highest BCUT2D eigenvalue weighted by Gasteiger charge is 2.27. The van der Waals surface area contributed by atoms with Gasteiger partial charge in [0.15, 0.2) is 0 Å². The highest BCUT2D eigenvalue weighted by Crippen LogP contribution is 2.20. The predicted octanol–water partition coefficient (Wildman–Crippen LogP) is 0.269. The van der Waals surface area contributed by atoms with Crippen LogP contribution in [0.2, 0.25) is 0 Å². The molecule has 3 rings (SSSR count). The molecule has 0 atom stereocenters. The van der Waals surface area contributed by atoms with Crippen molar-refractivity contribution >= 4 is 28.5 Å². The first-order chi connectivity index (χ1) is 13.1. The molecule has 1 fully saturated rings. The van der Waals surface area contributed by atoms with Gasteiger partial charge in [-0.15, -0.1) is 0 Å². The molecule has 0 spiro atoms. The predicted molar refractivity (Wildman–Crippen MR) is 99.6 cm³/mol. The highest BCUT2D eigenvalue weighted by molar-refractivity contribution is 6.34. The fourth-order valence-electron chi connectivity index (χ4n) is 3.04. The van der Waals surface area contributed by atoms with E-state index in [0.29, 0.717) is 26.2 Å². The van der Waals surface area contributed by atoms with Crippen molar-refractivity contribution < 1.29 is 19.1 Å². The number of nitrogens with two attached hydrogens (primary N) is 1. The zero-order valence-electron chi connectivity index (χ0n) is 14.9. The van der Waals surface area contributed by atoms with Crippen LogP contribution in [-0.4, -0.2) is 60.3 Å². The SMILES string of the molecule is NNC(=O)C(=O)N1CCN(C(=O)CCOc2ccc3ccccc3c2)CC1. The van der Waals surface area contributed by atoms with E-state index in [-0.39, 0.29) is 18.9 Å². The average molecular weight is 370 g/mol. The van der Waals surface area contributed by atoms with E-state index in [2.05, 4.69) is 0 Å². The second-order valence-electron chi connectivity index (χ2n) is 6.25. The molecule has 3 N–H and O–H groups in total. The van der Waals surface area contributed by atoms with Crippen LogP contribution in [0.4, 0.5) is 0 Å². The van der Waals surface area contributed by atoms with Gasteiger partial charge in [-0.3, -0.25) is 19.8 Å². The van der Waals surface area contributed by atoms with Crippen LogP contribution in [0.15, 0.2) is 42.5 Å². The maximum absolute atomic E-state index is 12.3. The van der Waals surface area contributed by atoms with Gasteiger partial charge < -0.3 is 14.5 Å². The number of rotatable bonds is 4. The number of amides is 3. The summed E-state index contributed by atoms with van der Waals surface area (Å²) in [4.78, 5) is 38.4. The molecule has 0 saturated carbocycles. The number of piperazine rings is 1. The molecule has 0 aliphatic carbocycles. The minimum atomic E-state index is -0.849. The van der Waals surface area contributed by atoms with Crippen LogP contribution in [0, 0.1) is 0 Å². The standard InChI is InChI=1S/C19H22N4O4/c20-21-18(25)19(26)23-10-8-22(9-11-23)17(24)7-12-27-16-6-5-14-3-1-2-4-15(14)13-16/h1-6,13H,7-12,20H2,(H,21,25). The van der Waals surface area contributed by atoms with E-state index >= 15 is 0 Å². The normalized spacial score (nSPS) is 14.1. The first-order valence-electron chi connectivity index (χ1n) is 8.77. The van der Waals surface area contributed by atoms with Crippen molar-refractivity contribution in [2.75, 3.05) is 32.8 Å². The van der Waals surface area contributed by atoms with E-state index in [4.69, 9.17) is 10.6 Å². The van der Waals surface area contributed by atoms with Crippen molar-refractivity contribution in [3.05, 3.63) is 42.5 Å². The molecule has 1 saturated heterocycles. The van der Waals surface area contributed by atoms with Gasteiger partial charge in [-0.05, 0) is 22.9 Å². The number of carbonyl (C=O) groups excluding carboxylic acids is 3. The van der Waals surface area contributed by atoms with E-state index in [0.717, 1.165) is 16.5 Å². The number of carbonyl (C=O) groups is 3. The Balaban J connectivity index is 1.44. The monoisotopic (exact) mass is 370 g/mol. The second-order valence-corrected chi connectivity index (χ2v) is 6.25. The van der Waals surface area contributed by atoms with E-state index in [9.17, 15) is 14.4 Å². The zero-order chi connectivity index (χ0) is 19.2. The number of hydrogen-bond donors (Lipinski definition) is 2. The summed E-state index contributed by atoms with van der Waals surface area (Å²) in [5.41, 5.74) is 1.82. The Kier molecular flexibility index (Phi) is 5.87. The van der Waals surface area contributed by atoms with E-state index in [1.54, 1.807) is 4.90 Å². The molecular weight excluding hydrogens is 348 g/mol. The van der Waals surface area contributed by atoms with Crippen LogP contribution in [0.25, 0.3) is 10.8 Å². The first-order valence-corrected chi connectivity index (χ1v) is 8.77. The molecule has 1 aliphatic heterocycles. The van der Waals surface area contributed by atoms with Gasteiger partial charge in [0.05, 0.1) is 13.0 Å². The second kappa shape index (κ2) is 8.50. The van der Waals surface area contributed by atoms with Crippen molar-refractivity contribution in [2.45, 2.75) is 6.42 Å². The summed E-state index contributed by atoms with van der Waals surface area (Å²) in [6.07, 6.45) is 0.254. The molecule has 0 bridgehead atoms. The van der Waals surface area contributed by atoms with Crippen LogP contribution in [0.1, 0.15) is 6.42 Å². The molecule has 0 aromatic heterocycles. The number of benzene rings is 2. The molecule has 2 aromatic rings. The highest BCUT2D eigenvalue weighted by atomic mass is 16.5. The van der Waals surface area contributed by atoms with Crippen LogP contribution in [-0.2, 0) is 14.4 Å². The molecule has 0 radical (unpaired) electrons. The Bertz CT molecular complexity index is 846. The fraction of sp³-hybridized carbons (Fsp3) is 0.316. The van der Waals surface area contributed by atoms with E-state index in [1.807, 2.05) is 47.9 Å². The van der Waals surface area contributed by atoms with Gasteiger partial charge in [-0.1, -0.05) is 30.3 Å². The number of hydrogen-bond acceptors (Lipinski definition) is 5. The molecule has 2 aromatic carbocycles. The largest absolute Gasteiger partial charge is 0.493 e. The van der Waals surface area contributed by atoms with Gasteiger partial charge in [0.2, 0.25) is 5.91 Å². The number of hydrazine groups is 1. The number of fused-ring (bicyclic) bond motifs is 1. The molecular formula is C19H22N4O4. The smallest absolute Gasteiger partial charge is 0.323 e. The molecule has 1 aliphatic rings. The van der Waals surface area contributed by atoms with Crippen molar-refractivity contribution in [3.8, 4) is 5.75 Å². The maximum atomic E-state index is 12.3. The molecule has 27 heavy (non-hydrogen) atoms. The Hall–Kier alpha value is -3.13. The van der Waals surface area contributed by atoms with E-state index in [1.165, 1.54) is 4.90 Å². The van der Waals surface area contributed by atoms with Gasteiger partial charge in [0, 0.05) is 26.2 Å². The Morgan fingerprint density at radius 2 is 1.63 bits per heavy atom. The van der Waals surface area contributed by atoms with Crippen molar-refractivity contribution in [1.29, 1.82) is 0 Å². The third kappa shape index (κ3) is 4.53. The molecule has 8 nitrogen and oxygen atoms in total. The molecule has 3 amide bonds. The van der Waals surface area contributed by atoms with Crippen LogP contribution in [0.3, 0.4) is 0 Å². The number of nitrogens with zero attached hydrogens (tertiary/aromatic N) is 2. The van der Waals surface area contributed by atoms with Crippen molar-refractivity contribution in [3.63, 3.8) is 0 Å². The summed E-state index contributed by atoms with van der Waals surface area (Å²) in [5.74, 6) is 4.13. The van der Waals surface area contributed by atoms with Crippen molar-refractivity contribution in [1.82, 2.24) is 15.2 Å². The third-order valence-electron chi connectivity index (χ3n) is 4.55. The summed E-state index contributed by atoms with van der Waals surface area (Å²) in [7, 11) is 0. The third-order valence-corrected chi connectivity index (χ3v) is 4.55. The quantitative estimate of drug-likeness (QED) is 0.348. The first kappa shape index (κ1) is 18.7.